The number of aliphatic hydroxyl groups is 1. The highest BCUT2D eigenvalue weighted by Gasteiger charge is 2.65. The minimum atomic E-state index is -9.78. The van der Waals surface area contributed by atoms with E-state index in [4.69, 9.17) is 9.84 Å². The molecule has 5 nitrogen and oxygen atoms in total. The van der Waals surface area contributed by atoms with E-state index in [0.29, 0.717) is 35.0 Å². The first-order chi connectivity index (χ1) is 15.9. The van der Waals surface area contributed by atoms with Crippen LogP contribution in [0.15, 0.2) is 82.7 Å². The zero-order chi connectivity index (χ0) is 24.6. The molecule has 0 radical (unpaired) electrons. The Bertz CT molecular complexity index is 1420. The van der Waals surface area contributed by atoms with Crippen LogP contribution in [0.5, 0.6) is 11.6 Å². The van der Waals surface area contributed by atoms with Gasteiger partial charge in [-0.2, -0.15) is 0 Å². The van der Waals surface area contributed by atoms with Gasteiger partial charge in [-0.1, -0.05) is 25.5 Å². The van der Waals surface area contributed by atoms with Gasteiger partial charge >= 0.3 is 10.2 Å². The van der Waals surface area contributed by atoms with E-state index < -0.39 is 15.1 Å². The maximum absolute atomic E-state index is 13.0. The van der Waals surface area contributed by atoms with Crippen LogP contribution in [0.3, 0.4) is 0 Å². The number of hydrogen-bond acceptors (Lipinski definition) is 4. The first-order valence-electron chi connectivity index (χ1n) is 10.1. The SMILES string of the molecule is O=c1ccn(CCCO)c2cc(-c3cccnc3Oc3ccc(S(F)(F)(F)(F)F)cc3)ccc12. The first-order valence-corrected chi connectivity index (χ1v) is 12.0. The highest BCUT2D eigenvalue weighted by atomic mass is 32.5. The molecule has 180 valence electrons. The van der Waals surface area contributed by atoms with Crippen LogP contribution < -0.4 is 10.2 Å². The second-order valence-electron chi connectivity index (χ2n) is 7.58. The van der Waals surface area contributed by atoms with Crippen molar-refractivity contribution in [1.29, 1.82) is 0 Å². The van der Waals surface area contributed by atoms with Crippen molar-refractivity contribution in [3.63, 3.8) is 0 Å². The lowest BCUT2D eigenvalue weighted by Gasteiger charge is -2.40. The maximum atomic E-state index is 13.0. The number of aryl methyl sites for hydroxylation is 1. The van der Waals surface area contributed by atoms with E-state index in [0.717, 1.165) is 12.1 Å². The molecule has 2 aromatic heterocycles. The number of rotatable bonds is 7. The van der Waals surface area contributed by atoms with Crippen molar-refractivity contribution in [2.45, 2.75) is 17.9 Å². The Morgan fingerprint density at radius 1 is 0.971 bits per heavy atom. The number of ether oxygens (including phenoxy) is 1. The van der Waals surface area contributed by atoms with Gasteiger partial charge in [-0.15, -0.1) is 0 Å². The van der Waals surface area contributed by atoms with Crippen LogP contribution >= 0.6 is 10.2 Å². The summed E-state index contributed by atoms with van der Waals surface area (Å²) in [4.78, 5) is 14.4. The van der Waals surface area contributed by atoms with Gasteiger partial charge in [0.25, 0.3) is 0 Å². The van der Waals surface area contributed by atoms with Crippen LogP contribution in [0.1, 0.15) is 6.42 Å². The summed E-state index contributed by atoms with van der Waals surface area (Å²) >= 11 is 0. The van der Waals surface area contributed by atoms with E-state index in [9.17, 15) is 24.2 Å². The molecule has 0 unspecified atom stereocenters. The van der Waals surface area contributed by atoms with Crippen molar-refractivity contribution >= 4 is 21.1 Å². The molecule has 2 heterocycles. The summed E-state index contributed by atoms with van der Waals surface area (Å²) in [6.45, 7) is 0.459. The maximum Gasteiger partial charge on any atom is 0.310 e. The Kier molecular flexibility index (Phi) is 5.45. The van der Waals surface area contributed by atoms with Crippen LogP contribution in [-0.4, -0.2) is 21.3 Å². The highest BCUT2D eigenvalue weighted by molar-refractivity contribution is 8.45. The van der Waals surface area contributed by atoms with E-state index >= 15 is 0 Å². The molecule has 34 heavy (non-hydrogen) atoms. The molecule has 0 aliphatic heterocycles. The summed E-state index contributed by atoms with van der Waals surface area (Å²) in [5, 5.41) is 9.63. The molecule has 2 aromatic carbocycles. The number of aromatic nitrogens is 2. The summed E-state index contributed by atoms with van der Waals surface area (Å²) in [5.74, 6) is -0.0617. The summed E-state index contributed by atoms with van der Waals surface area (Å²) in [6, 6.07) is 12.0. The standard InChI is InChI=1S/C23H19F5N2O3S/c24-34(25,26,27,28)18-7-5-17(6-8-18)33-23-19(3-1-11-29-23)16-4-9-20-21(15-16)30(12-2-14-31)13-10-22(20)32/h1,3-11,13,15,31H,2,12,14H2. The minimum absolute atomic E-state index is 0.0191. The van der Waals surface area contributed by atoms with Crippen LogP contribution in [0, 0.1) is 0 Å². The molecule has 0 fully saturated rings. The summed E-state index contributed by atoms with van der Waals surface area (Å²) in [7, 11) is -9.78. The largest absolute Gasteiger partial charge is 0.438 e. The van der Waals surface area contributed by atoms with E-state index in [1.807, 2.05) is 4.57 Å². The van der Waals surface area contributed by atoms with E-state index in [1.54, 1.807) is 36.5 Å². The Balaban J connectivity index is 1.73. The molecule has 4 rings (SSSR count). The molecule has 0 amide bonds. The van der Waals surface area contributed by atoms with E-state index in [2.05, 4.69) is 4.98 Å². The second-order valence-corrected chi connectivity index (χ2v) is 9.99. The Morgan fingerprint density at radius 3 is 2.38 bits per heavy atom. The number of hydrogen-bond donors (Lipinski definition) is 1. The van der Waals surface area contributed by atoms with Crippen molar-refractivity contribution in [3.05, 3.63) is 83.3 Å². The monoisotopic (exact) mass is 498 g/mol. The molecular weight excluding hydrogens is 479 g/mol. The van der Waals surface area contributed by atoms with Gasteiger partial charge < -0.3 is 14.4 Å². The van der Waals surface area contributed by atoms with Gasteiger partial charge in [0.05, 0.1) is 5.52 Å². The number of halogens is 5. The Morgan fingerprint density at radius 2 is 1.71 bits per heavy atom. The van der Waals surface area contributed by atoms with E-state index in [1.165, 1.54) is 12.3 Å². The predicted octanol–water partition coefficient (Wildman–Crippen LogP) is 6.90. The number of nitrogens with zero attached hydrogens (tertiary/aromatic N) is 2. The molecule has 0 spiro atoms. The van der Waals surface area contributed by atoms with Crippen LogP contribution in [0.25, 0.3) is 22.0 Å². The number of aliphatic hydroxyl groups excluding tert-OH is 1. The van der Waals surface area contributed by atoms with Crippen molar-refractivity contribution in [3.8, 4) is 22.8 Å². The molecule has 0 saturated heterocycles. The first kappa shape index (κ1) is 23.7. The molecule has 0 aliphatic rings. The normalized spacial score (nSPS) is 13.9. The molecular formula is C23H19F5N2O3S. The van der Waals surface area contributed by atoms with Crippen molar-refractivity contribution < 1.29 is 29.3 Å². The quantitative estimate of drug-likeness (QED) is 0.282. The lowest BCUT2D eigenvalue weighted by molar-refractivity contribution is 0.280. The molecule has 4 aromatic rings. The van der Waals surface area contributed by atoms with Gasteiger partial charge in [0.1, 0.15) is 10.6 Å². The fourth-order valence-corrected chi connectivity index (χ4v) is 4.13. The molecule has 0 bridgehead atoms. The molecule has 1 N–H and O–H groups in total. The number of fused-ring (bicyclic) bond motifs is 1. The zero-order valence-corrected chi connectivity index (χ0v) is 18.3. The molecule has 11 heteroatoms. The van der Waals surface area contributed by atoms with Crippen LogP contribution in [0.2, 0.25) is 0 Å². The number of benzene rings is 2. The Labute approximate surface area is 190 Å². The molecule has 0 atom stereocenters. The van der Waals surface area contributed by atoms with Gasteiger partial charge in [-0.05, 0) is 60.5 Å². The van der Waals surface area contributed by atoms with Gasteiger partial charge in [-0.25, -0.2) is 4.98 Å². The van der Waals surface area contributed by atoms with Gasteiger partial charge in [0, 0.05) is 42.6 Å². The second kappa shape index (κ2) is 7.81. The van der Waals surface area contributed by atoms with E-state index in [-0.39, 0.29) is 35.8 Å². The minimum Gasteiger partial charge on any atom is -0.438 e. The molecule has 0 saturated carbocycles. The lowest BCUT2D eigenvalue weighted by atomic mass is 10.0. The van der Waals surface area contributed by atoms with Gasteiger partial charge in [-0.3, -0.25) is 4.79 Å². The zero-order valence-electron chi connectivity index (χ0n) is 17.5. The fourth-order valence-electron chi connectivity index (χ4n) is 3.48. The summed E-state index contributed by atoms with van der Waals surface area (Å²) in [6.07, 6.45) is 3.53. The lowest BCUT2D eigenvalue weighted by Crippen LogP contribution is -2.09. The smallest absolute Gasteiger partial charge is 0.310 e. The summed E-state index contributed by atoms with van der Waals surface area (Å²) < 4.78 is 72.3. The van der Waals surface area contributed by atoms with Crippen LogP contribution in [-0.2, 0) is 6.54 Å². The van der Waals surface area contributed by atoms with Gasteiger partial charge in [0.2, 0.25) is 5.88 Å². The third kappa shape index (κ3) is 5.05. The third-order valence-corrected chi connectivity index (χ3v) is 6.26. The highest BCUT2D eigenvalue weighted by Crippen LogP contribution is 3.02. The molecule has 0 aliphatic carbocycles. The third-order valence-electron chi connectivity index (χ3n) is 5.10. The summed E-state index contributed by atoms with van der Waals surface area (Å²) in [5.41, 5.74) is 1.54. The van der Waals surface area contributed by atoms with Gasteiger partial charge in [0.15, 0.2) is 5.43 Å². The topological polar surface area (TPSA) is 64.4 Å². The van der Waals surface area contributed by atoms with Crippen LogP contribution in [0.4, 0.5) is 19.4 Å². The average molecular weight is 498 g/mol. The number of pyridine rings is 2. The Hall–Kier alpha value is -3.44. The van der Waals surface area contributed by atoms with Crippen molar-refractivity contribution in [2.75, 3.05) is 6.61 Å². The predicted molar refractivity (Wildman–Crippen MR) is 121 cm³/mol. The van der Waals surface area contributed by atoms with Crippen molar-refractivity contribution in [2.24, 2.45) is 0 Å². The van der Waals surface area contributed by atoms with Crippen molar-refractivity contribution in [1.82, 2.24) is 9.55 Å². The fraction of sp³-hybridized carbons (Fsp3) is 0.130. The average Bonchev–Trinajstić information content (AvgIpc) is 2.78.